The molecule has 0 aliphatic carbocycles. The van der Waals surface area contributed by atoms with E-state index in [2.05, 4.69) is 20.1 Å². The molecule has 0 unspecified atom stereocenters. The smallest absolute Gasteiger partial charge is 0.223 e. The second-order valence-corrected chi connectivity index (χ2v) is 4.67. The summed E-state index contributed by atoms with van der Waals surface area (Å²) in [7, 11) is 0. The molecule has 0 fully saturated rings. The van der Waals surface area contributed by atoms with Gasteiger partial charge in [0.1, 0.15) is 5.82 Å². The first-order valence-electron chi connectivity index (χ1n) is 6.41. The van der Waals surface area contributed by atoms with E-state index in [0.717, 1.165) is 31.0 Å². The lowest BCUT2D eigenvalue weighted by molar-refractivity contribution is -0.124. The molecule has 2 rings (SSSR count). The Hall–Kier alpha value is -1.39. The molecule has 94 valence electrons. The van der Waals surface area contributed by atoms with Gasteiger partial charge in [-0.15, -0.1) is 10.2 Å². The maximum absolute atomic E-state index is 11.7. The summed E-state index contributed by atoms with van der Waals surface area (Å²) >= 11 is 0. The molecule has 1 aliphatic rings. The molecule has 1 amide bonds. The highest BCUT2D eigenvalue weighted by molar-refractivity contribution is 5.78. The molecule has 0 saturated heterocycles. The number of carbonyl (C=O) groups is 1. The zero-order valence-electron chi connectivity index (χ0n) is 10.6. The molecule has 1 aromatic heterocycles. The van der Waals surface area contributed by atoms with E-state index in [-0.39, 0.29) is 11.8 Å². The lowest BCUT2D eigenvalue weighted by Gasteiger charge is -2.15. The molecular weight excluding hydrogens is 216 g/mol. The Labute approximate surface area is 102 Å². The number of rotatable bonds is 4. The number of amides is 1. The molecule has 5 nitrogen and oxygen atoms in total. The molecule has 0 aromatic carbocycles. The van der Waals surface area contributed by atoms with Crippen molar-refractivity contribution in [1.29, 1.82) is 0 Å². The fraction of sp³-hybridized carbons (Fsp3) is 0.750. The van der Waals surface area contributed by atoms with Gasteiger partial charge < -0.3 is 9.88 Å². The van der Waals surface area contributed by atoms with Crippen LogP contribution in [0.5, 0.6) is 0 Å². The number of fused-ring (bicyclic) bond motifs is 1. The highest BCUT2D eigenvalue weighted by atomic mass is 16.1. The van der Waals surface area contributed by atoms with Gasteiger partial charge in [0, 0.05) is 18.9 Å². The first-order valence-corrected chi connectivity index (χ1v) is 6.41. The SMILES string of the molecule is CC[C@H](C)C(=O)NCc1nnc2n1CCCC2. The van der Waals surface area contributed by atoms with E-state index in [4.69, 9.17) is 0 Å². The van der Waals surface area contributed by atoms with E-state index in [1.165, 1.54) is 12.8 Å². The molecule has 0 spiro atoms. The predicted molar refractivity (Wildman–Crippen MR) is 64.3 cm³/mol. The Morgan fingerprint density at radius 3 is 3.06 bits per heavy atom. The molecular formula is C12H20N4O. The number of aryl methyl sites for hydroxylation is 1. The van der Waals surface area contributed by atoms with Crippen LogP contribution in [0.3, 0.4) is 0 Å². The summed E-state index contributed by atoms with van der Waals surface area (Å²) in [4.78, 5) is 11.7. The third-order valence-corrected chi connectivity index (χ3v) is 3.42. The summed E-state index contributed by atoms with van der Waals surface area (Å²) in [5.41, 5.74) is 0. The average Bonchev–Trinajstić information content (AvgIpc) is 2.78. The Kier molecular flexibility index (Phi) is 3.76. The monoisotopic (exact) mass is 236 g/mol. The van der Waals surface area contributed by atoms with Gasteiger partial charge in [0.25, 0.3) is 0 Å². The van der Waals surface area contributed by atoms with Crippen LogP contribution in [0.1, 0.15) is 44.8 Å². The van der Waals surface area contributed by atoms with Gasteiger partial charge in [0.2, 0.25) is 5.91 Å². The first-order chi connectivity index (χ1) is 8.22. The third kappa shape index (κ3) is 2.65. The summed E-state index contributed by atoms with van der Waals surface area (Å²) in [6.45, 7) is 5.44. The van der Waals surface area contributed by atoms with Crippen LogP contribution in [0.15, 0.2) is 0 Å². The molecule has 17 heavy (non-hydrogen) atoms. The van der Waals surface area contributed by atoms with Crippen molar-refractivity contribution in [2.24, 2.45) is 5.92 Å². The molecule has 0 radical (unpaired) electrons. The average molecular weight is 236 g/mol. The summed E-state index contributed by atoms with van der Waals surface area (Å²) in [6.07, 6.45) is 4.24. The number of nitrogens with one attached hydrogen (secondary N) is 1. The molecule has 0 bridgehead atoms. The van der Waals surface area contributed by atoms with Crippen LogP contribution in [-0.4, -0.2) is 20.7 Å². The van der Waals surface area contributed by atoms with Crippen LogP contribution in [0.25, 0.3) is 0 Å². The number of carbonyl (C=O) groups excluding carboxylic acids is 1. The Morgan fingerprint density at radius 1 is 1.47 bits per heavy atom. The second kappa shape index (κ2) is 5.29. The highest BCUT2D eigenvalue weighted by Gasteiger charge is 2.17. The van der Waals surface area contributed by atoms with Gasteiger partial charge in [0.15, 0.2) is 5.82 Å². The van der Waals surface area contributed by atoms with E-state index < -0.39 is 0 Å². The molecule has 2 heterocycles. The van der Waals surface area contributed by atoms with Crippen molar-refractivity contribution >= 4 is 5.91 Å². The standard InChI is InChI=1S/C12H20N4O/c1-3-9(2)12(17)13-8-11-15-14-10-6-4-5-7-16(10)11/h9H,3-8H2,1-2H3,(H,13,17)/t9-/m0/s1. The van der Waals surface area contributed by atoms with Crippen LogP contribution in [0, 0.1) is 5.92 Å². The van der Waals surface area contributed by atoms with Crippen LogP contribution >= 0.6 is 0 Å². The van der Waals surface area contributed by atoms with Crippen LogP contribution < -0.4 is 5.32 Å². The van der Waals surface area contributed by atoms with Crippen molar-refractivity contribution in [3.8, 4) is 0 Å². The molecule has 5 heteroatoms. The summed E-state index contributed by atoms with van der Waals surface area (Å²) < 4.78 is 2.14. The van der Waals surface area contributed by atoms with E-state index in [0.29, 0.717) is 6.54 Å². The molecule has 0 saturated carbocycles. The first kappa shape index (κ1) is 12.1. The molecule has 1 aliphatic heterocycles. The molecule has 1 N–H and O–H groups in total. The minimum absolute atomic E-state index is 0.0683. The topological polar surface area (TPSA) is 59.8 Å². The van der Waals surface area contributed by atoms with Gasteiger partial charge in [-0.3, -0.25) is 4.79 Å². The summed E-state index contributed by atoms with van der Waals surface area (Å²) in [6, 6.07) is 0. The molecule has 1 atom stereocenters. The van der Waals surface area contributed by atoms with E-state index in [9.17, 15) is 4.79 Å². The maximum atomic E-state index is 11.7. The number of aromatic nitrogens is 3. The van der Waals surface area contributed by atoms with Gasteiger partial charge in [-0.1, -0.05) is 13.8 Å². The Balaban J connectivity index is 1.95. The van der Waals surface area contributed by atoms with Crippen LogP contribution in [0.2, 0.25) is 0 Å². The van der Waals surface area contributed by atoms with Crippen molar-refractivity contribution in [1.82, 2.24) is 20.1 Å². The quantitative estimate of drug-likeness (QED) is 0.856. The van der Waals surface area contributed by atoms with Crippen LogP contribution in [0.4, 0.5) is 0 Å². The van der Waals surface area contributed by atoms with Gasteiger partial charge in [-0.05, 0) is 19.3 Å². The molecule has 1 aromatic rings. The zero-order valence-corrected chi connectivity index (χ0v) is 10.6. The van der Waals surface area contributed by atoms with Crippen LogP contribution in [-0.2, 0) is 24.3 Å². The van der Waals surface area contributed by atoms with Crippen molar-refractivity contribution in [3.05, 3.63) is 11.6 Å². The van der Waals surface area contributed by atoms with Gasteiger partial charge in [-0.25, -0.2) is 0 Å². The van der Waals surface area contributed by atoms with E-state index in [1.807, 2.05) is 13.8 Å². The van der Waals surface area contributed by atoms with E-state index in [1.54, 1.807) is 0 Å². The summed E-state index contributed by atoms with van der Waals surface area (Å²) in [5, 5.41) is 11.2. The Bertz CT molecular complexity index is 399. The largest absolute Gasteiger partial charge is 0.349 e. The minimum Gasteiger partial charge on any atom is -0.349 e. The van der Waals surface area contributed by atoms with Crippen molar-refractivity contribution in [2.75, 3.05) is 0 Å². The Morgan fingerprint density at radius 2 is 2.29 bits per heavy atom. The van der Waals surface area contributed by atoms with Gasteiger partial charge >= 0.3 is 0 Å². The van der Waals surface area contributed by atoms with E-state index >= 15 is 0 Å². The second-order valence-electron chi connectivity index (χ2n) is 4.67. The lowest BCUT2D eigenvalue weighted by Crippen LogP contribution is -2.30. The number of hydrogen-bond acceptors (Lipinski definition) is 3. The highest BCUT2D eigenvalue weighted by Crippen LogP contribution is 2.14. The van der Waals surface area contributed by atoms with Crippen molar-refractivity contribution < 1.29 is 4.79 Å². The summed E-state index contributed by atoms with van der Waals surface area (Å²) in [5.74, 6) is 2.11. The van der Waals surface area contributed by atoms with Crippen molar-refractivity contribution in [3.63, 3.8) is 0 Å². The minimum atomic E-state index is 0.0683. The maximum Gasteiger partial charge on any atom is 0.223 e. The van der Waals surface area contributed by atoms with Gasteiger partial charge in [0.05, 0.1) is 6.54 Å². The fourth-order valence-electron chi connectivity index (χ4n) is 2.03. The normalized spacial score (nSPS) is 16.4. The number of hydrogen-bond donors (Lipinski definition) is 1. The van der Waals surface area contributed by atoms with Gasteiger partial charge in [-0.2, -0.15) is 0 Å². The van der Waals surface area contributed by atoms with Crippen molar-refractivity contribution in [2.45, 2.75) is 52.6 Å². The third-order valence-electron chi connectivity index (χ3n) is 3.42. The fourth-order valence-corrected chi connectivity index (χ4v) is 2.03. The predicted octanol–water partition coefficient (Wildman–Crippen LogP) is 1.28. The zero-order chi connectivity index (χ0) is 12.3. The lowest BCUT2D eigenvalue weighted by atomic mass is 10.1. The number of nitrogens with zero attached hydrogens (tertiary/aromatic N) is 3.